The van der Waals surface area contributed by atoms with Gasteiger partial charge < -0.3 is 4.74 Å². The molecule has 3 rings (SSSR count). The zero-order valence-corrected chi connectivity index (χ0v) is 9.12. The van der Waals surface area contributed by atoms with Crippen LogP contribution in [-0.4, -0.2) is 11.6 Å². The van der Waals surface area contributed by atoms with Crippen molar-refractivity contribution >= 4 is 5.97 Å². The zero-order chi connectivity index (χ0) is 10.1. The maximum Gasteiger partial charge on any atom is 0.309 e. The Morgan fingerprint density at radius 3 is 2.79 bits per heavy atom. The van der Waals surface area contributed by atoms with Crippen molar-refractivity contribution in [2.24, 2.45) is 29.6 Å². The molecule has 78 valence electrons. The number of esters is 1. The van der Waals surface area contributed by atoms with Gasteiger partial charge in [0.2, 0.25) is 0 Å². The Balaban J connectivity index is 2.03. The highest BCUT2D eigenvalue weighted by molar-refractivity contribution is 5.77. The number of rotatable bonds is 1. The second kappa shape index (κ2) is 2.34. The zero-order valence-electron chi connectivity index (χ0n) is 9.12. The quantitative estimate of drug-likeness (QED) is 0.598. The van der Waals surface area contributed by atoms with E-state index in [1.807, 2.05) is 0 Å². The third-order valence-corrected chi connectivity index (χ3v) is 4.85. The van der Waals surface area contributed by atoms with E-state index in [-0.39, 0.29) is 17.5 Å². The molecule has 1 heterocycles. The van der Waals surface area contributed by atoms with E-state index in [0.29, 0.717) is 17.8 Å². The Kier molecular flexibility index (Phi) is 1.46. The van der Waals surface area contributed by atoms with E-state index in [2.05, 4.69) is 20.8 Å². The smallest absolute Gasteiger partial charge is 0.309 e. The molecular formula is C12H18O2. The van der Waals surface area contributed by atoms with Gasteiger partial charge in [0, 0.05) is 11.8 Å². The number of carbonyl (C=O) groups is 1. The summed E-state index contributed by atoms with van der Waals surface area (Å²) in [6.07, 6.45) is 2.33. The Hall–Kier alpha value is -0.530. The molecule has 2 aliphatic carbocycles. The van der Waals surface area contributed by atoms with Crippen molar-refractivity contribution in [1.29, 1.82) is 0 Å². The largest absolute Gasteiger partial charge is 0.459 e. The molecule has 0 N–H and O–H groups in total. The predicted molar refractivity (Wildman–Crippen MR) is 52.5 cm³/mol. The van der Waals surface area contributed by atoms with Gasteiger partial charge >= 0.3 is 5.97 Å². The molecule has 2 bridgehead atoms. The van der Waals surface area contributed by atoms with E-state index in [1.165, 1.54) is 6.42 Å². The second-order valence-electron chi connectivity index (χ2n) is 5.82. The molecule has 0 amide bonds. The van der Waals surface area contributed by atoms with Crippen LogP contribution >= 0.6 is 0 Å². The van der Waals surface area contributed by atoms with Crippen LogP contribution in [0.3, 0.4) is 0 Å². The molecule has 1 saturated heterocycles. The molecule has 5 atom stereocenters. The minimum atomic E-state index is -0.112. The fraction of sp³-hybridized carbons (Fsp3) is 0.917. The summed E-state index contributed by atoms with van der Waals surface area (Å²) in [7, 11) is 0. The molecular weight excluding hydrogens is 176 g/mol. The highest BCUT2D eigenvalue weighted by atomic mass is 16.6. The van der Waals surface area contributed by atoms with Crippen molar-refractivity contribution in [1.82, 2.24) is 0 Å². The molecule has 0 spiro atoms. The highest BCUT2D eigenvalue weighted by Gasteiger charge is 2.68. The molecule has 2 saturated carbocycles. The van der Waals surface area contributed by atoms with Crippen LogP contribution in [-0.2, 0) is 9.53 Å². The summed E-state index contributed by atoms with van der Waals surface area (Å²) in [5, 5.41) is 0. The summed E-state index contributed by atoms with van der Waals surface area (Å²) in [5.74, 6) is 2.87. The summed E-state index contributed by atoms with van der Waals surface area (Å²) in [6.45, 7) is 6.69. The van der Waals surface area contributed by atoms with E-state index in [4.69, 9.17) is 4.74 Å². The first-order valence-corrected chi connectivity index (χ1v) is 5.77. The number of carbonyl (C=O) groups excluding carboxylic acids is 1. The maximum atomic E-state index is 11.6. The lowest BCUT2D eigenvalue weighted by molar-refractivity contribution is -0.152. The van der Waals surface area contributed by atoms with E-state index in [0.717, 1.165) is 12.3 Å². The summed E-state index contributed by atoms with van der Waals surface area (Å²) in [4.78, 5) is 11.6. The molecule has 14 heavy (non-hydrogen) atoms. The lowest BCUT2D eigenvalue weighted by Gasteiger charge is -2.37. The lowest BCUT2D eigenvalue weighted by atomic mass is 9.69. The van der Waals surface area contributed by atoms with Crippen LogP contribution in [0.1, 0.15) is 33.6 Å². The summed E-state index contributed by atoms with van der Waals surface area (Å²) < 4.78 is 5.66. The Morgan fingerprint density at radius 2 is 2.14 bits per heavy atom. The van der Waals surface area contributed by atoms with Gasteiger partial charge in [-0.25, -0.2) is 0 Å². The summed E-state index contributed by atoms with van der Waals surface area (Å²) in [5.41, 5.74) is -0.112. The van der Waals surface area contributed by atoms with E-state index >= 15 is 0 Å². The predicted octanol–water partition coefficient (Wildman–Crippen LogP) is 2.23. The van der Waals surface area contributed by atoms with Crippen LogP contribution in [0.2, 0.25) is 0 Å². The fourth-order valence-electron chi connectivity index (χ4n) is 4.62. The molecule has 0 aromatic carbocycles. The van der Waals surface area contributed by atoms with Crippen molar-refractivity contribution in [3.05, 3.63) is 0 Å². The van der Waals surface area contributed by atoms with Crippen LogP contribution in [0.25, 0.3) is 0 Å². The van der Waals surface area contributed by atoms with Crippen LogP contribution in [0.4, 0.5) is 0 Å². The monoisotopic (exact) mass is 194 g/mol. The van der Waals surface area contributed by atoms with Crippen LogP contribution in [0.5, 0.6) is 0 Å². The normalized spacial score (nSPS) is 54.4. The van der Waals surface area contributed by atoms with Crippen LogP contribution < -0.4 is 0 Å². The molecule has 0 aromatic heterocycles. The first-order chi connectivity index (χ1) is 6.54. The number of ether oxygens (including phenoxy) is 1. The molecule has 0 radical (unpaired) electrons. The standard InChI is InChI=1S/C12H18O2/c1-6(2)10-7-4-8-9(5-7)12(10,3)14-11(8)13/h6-10H,4-5H2,1-3H3. The Morgan fingerprint density at radius 1 is 1.43 bits per heavy atom. The molecule has 0 aromatic rings. The summed E-state index contributed by atoms with van der Waals surface area (Å²) >= 11 is 0. The SMILES string of the molecule is CC(C)C1C2CC3C(=O)OC1(C)C3C2. The molecule has 2 heteroatoms. The second-order valence-corrected chi connectivity index (χ2v) is 5.82. The van der Waals surface area contributed by atoms with Crippen molar-refractivity contribution in [3.8, 4) is 0 Å². The first-order valence-electron chi connectivity index (χ1n) is 5.77. The maximum absolute atomic E-state index is 11.6. The molecule has 2 nitrogen and oxygen atoms in total. The first kappa shape index (κ1) is 8.75. The van der Waals surface area contributed by atoms with Crippen molar-refractivity contribution in [3.63, 3.8) is 0 Å². The molecule has 1 aliphatic heterocycles. The van der Waals surface area contributed by atoms with Crippen LogP contribution in [0, 0.1) is 29.6 Å². The van der Waals surface area contributed by atoms with Crippen molar-refractivity contribution in [2.45, 2.75) is 39.2 Å². The molecule has 3 aliphatic rings. The van der Waals surface area contributed by atoms with E-state index < -0.39 is 0 Å². The molecule has 3 fully saturated rings. The topological polar surface area (TPSA) is 26.3 Å². The minimum Gasteiger partial charge on any atom is -0.459 e. The van der Waals surface area contributed by atoms with Crippen molar-refractivity contribution < 1.29 is 9.53 Å². The Bertz CT molecular complexity index is 297. The summed E-state index contributed by atoms with van der Waals surface area (Å²) in [6, 6.07) is 0. The van der Waals surface area contributed by atoms with Gasteiger partial charge in [-0.05, 0) is 31.6 Å². The van der Waals surface area contributed by atoms with Gasteiger partial charge in [0.15, 0.2) is 0 Å². The fourth-order valence-corrected chi connectivity index (χ4v) is 4.62. The minimum absolute atomic E-state index is 0.0863. The number of hydrogen-bond acceptors (Lipinski definition) is 2. The third kappa shape index (κ3) is 0.768. The van der Waals surface area contributed by atoms with Crippen molar-refractivity contribution in [2.75, 3.05) is 0 Å². The Labute approximate surface area is 85.0 Å². The molecule has 5 unspecified atom stereocenters. The van der Waals surface area contributed by atoms with Gasteiger partial charge in [0.05, 0.1) is 5.92 Å². The van der Waals surface area contributed by atoms with Gasteiger partial charge in [0.25, 0.3) is 0 Å². The van der Waals surface area contributed by atoms with E-state index in [1.54, 1.807) is 0 Å². The number of hydrogen-bond donors (Lipinski definition) is 0. The lowest BCUT2D eigenvalue weighted by Crippen LogP contribution is -2.41. The number of fused-ring (bicyclic) bond motifs is 1. The van der Waals surface area contributed by atoms with E-state index in [9.17, 15) is 4.79 Å². The van der Waals surface area contributed by atoms with Gasteiger partial charge in [-0.3, -0.25) is 4.79 Å². The van der Waals surface area contributed by atoms with Crippen LogP contribution in [0.15, 0.2) is 0 Å². The van der Waals surface area contributed by atoms with Gasteiger partial charge in [-0.2, -0.15) is 0 Å². The third-order valence-electron chi connectivity index (χ3n) is 4.85. The average Bonchev–Trinajstić information content (AvgIpc) is 2.60. The van der Waals surface area contributed by atoms with Gasteiger partial charge in [-0.15, -0.1) is 0 Å². The highest BCUT2D eigenvalue weighted by Crippen LogP contribution is 2.64. The van der Waals surface area contributed by atoms with Gasteiger partial charge in [0.1, 0.15) is 5.60 Å². The van der Waals surface area contributed by atoms with Gasteiger partial charge in [-0.1, -0.05) is 13.8 Å². The average molecular weight is 194 g/mol.